The van der Waals surface area contributed by atoms with Gasteiger partial charge in [0.15, 0.2) is 0 Å². The van der Waals surface area contributed by atoms with Crippen molar-refractivity contribution in [2.75, 3.05) is 19.0 Å². The summed E-state index contributed by atoms with van der Waals surface area (Å²) in [6, 6.07) is 8.60. The highest BCUT2D eigenvalue weighted by Gasteiger charge is 2.07. The molecule has 0 fully saturated rings. The third kappa shape index (κ3) is 3.35. The van der Waals surface area contributed by atoms with E-state index in [1.807, 2.05) is 32.3 Å². The molecule has 0 unspecified atom stereocenters. The molecule has 7 heteroatoms. The number of fused-ring (bicyclic) bond motifs is 1. The Balaban J connectivity index is 1.86. The van der Waals surface area contributed by atoms with Crippen molar-refractivity contribution >= 4 is 45.2 Å². The van der Waals surface area contributed by atoms with Crippen LogP contribution in [0.1, 0.15) is 10.6 Å². The molecule has 0 saturated heterocycles. The van der Waals surface area contributed by atoms with E-state index in [-0.39, 0.29) is 5.69 Å². The first-order valence-corrected chi connectivity index (χ1v) is 7.71. The number of nitro groups is 1. The number of aromatic nitrogens is 2. The lowest BCUT2D eigenvalue weighted by Crippen LogP contribution is -2.05. The maximum Gasteiger partial charge on any atom is 0.271 e. The first-order chi connectivity index (χ1) is 11.0. The van der Waals surface area contributed by atoms with E-state index in [1.165, 1.54) is 17.1 Å². The minimum absolute atomic E-state index is 0.0184. The van der Waals surface area contributed by atoms with Crippen LogP contribution in [-0.4, -0.2) is 29.0 Å². The predicted molar refractivity (Wildman–Crippen MR) is 93.8 cm³/mol. The van der Waals surface area contributed by atoms with Crippen molar-refractivity contribution in [3.63, 3.8) is 0 Å². The number of nitro benzene ring substituents is 1. The van der Waals surface area contributed by atoms with Crippen LogP contribution in [0.2, 0.25) is 0 Å². The summed E-state index contributed by atoms with van der Waals surface area (Å²) in [5.41, 5.74) is 1.89. The SMILES string of the molecule is CN(C)c1ccc(/C=C/c2cnc3cc([N+](=O)[O-])ccc3n2)s1. The van der Waals surface area contributed by atoms with E-state index < -0.39 is 4.92 Å². The van der Waals surface area contributed by atoms with Crippen molar-refractivity contribution in [1.82, 2.24) is 9.97 Å². The molecule has 0 atom stereocenters. The fourth-order valence-corrected chi connectivity index (χ4v) is 2.88. The fourth-order valence-electron chi connectivity index (χ4n) is 2.05. The molecule has 1 aromatic carbocycles. The van der Waals surface area contributed by atoms with Crippen molar-refractivity contribution in [1.29, 1.82) is 0 Å². The van der Waals surface area contributed by atoms with Crippen molar-refractivity contribution in [3.8, 4) is 0 Å². The Morgan fingerprint density at radius 3 is 2.70 bits per heavy atom. The number of rotatable bonds is 4. The lowest BCUT2D eigenvalue weighted by atomic mass is 10.2. The van der Waals surface area contributed by atoms with Crippen LogP contribution in [0.5, 0.6) is 0 Å². The van der Waals surface area contributed by atoms with Gasteiger partial charge in [0.1, 0.15) is 0 Å². The Hall–Kier alpha value is -2.80. The minimum Gasteiger partial charge on any atom is -0.370 e. The van der Waals surface area contributed by atoms with E-state index >= 15 is 0 Å². The van der Waals surface area contributed by atoms with Crippen LogP contribution in [0, 0.1) is 10.1 Å². The summed E-state index contributed by atoms with van der Waals surface area (Å²) < 4.78 is 0. The molecule has 0 aliphatic rings. The van der Waals surface area contributed by atoms with E-state index in [9.17, 15) is 10.1 Å². The van der Waals surface area contributed by atoms with Crippen LogP contribution < -0.4 is 4.90 Å². The van der Waals surface area contributed by atoms with Crippen LogP contribution in [0.4, 0.5) is 10.7 Å². The van der Waals surface area contributed by atoms with E-state index in [0.717, 1.165) is 4.88 Å². The maximum atomic E-state index is 10.8. The Labute approximate surface area is 136 Å². The zero-order chi connectivity index (χ0) is 16.4. The second-order valence-electron chi connectivity index (χ2n) is 5.13. The number of hydrogen-bond donors (Lipinski definition) is 0. The molecule has 0 amide bonds. The predicted octanol–water partition coefficient (Wildman–Crippen LogP) is 3.84. The molecule has 2 heterocycles. The topological polar surface area (TPSA) is 72.2 Å². The standard InChI is InChI=1S/C16H14N4O2S/c1-19(2)16-8-6-13(23-16)5-3-11-10-17-15-9-12(20(21)22)4-7-14(15)18-11/h3-10H,1-2H3/b5-3+. The number of anilines is 1. The van der Waals surface area contributed by atoms with Gasteiger partial charge in [-0.1, -0.05) is 0 Å². The van der Waals surface area contributed by atoms with Gasteiger partial charge in [-0.05, 0) is 30.4 Å². The minimum atomic E-state index is -0.436. The normalized spacial score (nSPS) is 11.2. The van der Waals surface area contributed by atoms with Crippen molar-refractivity contribution < 1.29 is 4.92 Å². The van der Waals surface area contributed by atoms with E-state index in [1.54, 1.807) is 23.6 Å². The summed E-state index contributed by atoms with van der Waals surface area (Å²) in [5.74, 6) is 0. The Bertz CT molecular complexity index is 902. The third-order valence-electron chi connectivity index (χ3n) is 3.23. The highest BCUT2D eigenvalue weighted by atomic mass is 32.1. The van der Waals surface area contributed by atoms with Crippen molar-refractivity contribution in [2.24, 2.45) is 0 Å². The summed E-state index contributed by atoms with van der Waals surface area (Å²) in [7, 11) is 4.01. The van der Waals surface area contributed by atoms with Crippen LogP contribution in [0.15, 0.2) is 36.5 Å². The van der Waals surface area contributed by atoms with Gasteiger partial charge in [-0.3, -0.25) is 15.1 Å². The van der Waals surface area contributed by atoms with Crippen LogP contribution in [-0.2, 0) is 0 Å². The van der Waals surface area contributed by atoms with Crippen molar-refractivity contribution in [2.45, 2.75) is 0 Å². The van der Waals surface area contributed by atoms with E-state index in [0.29, 0.717) is 16.7 Å². The molecule has 116 valence electrons. The molecule has 0 N–H and O–H groups in total. The van der Waals surface area contributed by atoms with Gasteiger partial charge >= 0.3 is 0 Å². The lowest BCUT2D eigenvalue weighted by molar-refractivity contribution is -0.384. The van der Waals surface area contributed by atoms with Gasteiger partial charge in [-0.15, -0.1) is 11.3 Å². The summed E-state index contributed by atoms with van der Waals surface area (Å²) >= 11 is 1.68. The molecule has 0 bridgehead atoms. The van der Waals surface area contributed by atoms with Gasteiger partial charge in [0, 0.05) is 31.1 Å². The molecule has 0 aliphatic carbocycles. The van der Waals surface area contributed by atoms with Crippen LogP contribution in [0.25, 0.3) is 23.2 Å². The molecule has 3 aromatic rings. The monoisotopic (exact) mass is 326 g/mol. The largest absolute Gasteiger partial charge is 0.370 e. The first kappa shape index (κ1) is 15.1. The molecule has 23 heavy (non-hydrogen) atoms. The number of thiophene rings is 1. The molecule has 0 saturated carbocycles. The van der Waals surface area contributed by atoms with Gasteiger partial charge in [0.2, 0.25) is 0 Å². The second-order valence-corrected chi connectivity index (χ2v) is 6.22. The zero-order valence-electron chi connectivity index (χ0n) is 12.6. The van der Waals surface area contributed by atoms with Crippen molar-refractivity contribution in [3.05, 3.63) is 57.2 Å². The second kappa shape index (κ2) is 6.13. The van der Waals surface area contributed by atoms with E-state index in [4.69, 9.17) is 0 Å². The van der Waals surface area contributed by atoms with Gasteiger partial charge in [-0.25, -0.2) is 4.98 Å². The van der Waals surface area contributed by atoms with Crippen LogP contribution >= 0.6 is 11.3 Å². The molecule has 0 radical (unpaired) electrons. The quantitative estimate of drug-likeness (QED) is 0.538. The Kier molecular flexibility index (Phi) is 4.03. The summed E-state index contributed by atoms with van der Waals surface area (Å²) in [6.07, 6.45) is 5.49. The molecule has 3 rings (SSSR count). The fraction of sp³-hybridized carbons (Fsp3) is 0.125. The highest BCUT2D eigenvalue weighted by Crippen LogP contribution is 2.25. The zero-order valence-corrected chi connectivity index (χ0v) is 13.4. The number of nitrogens with zero attached hydrogens (tertiary/aromatic N) is 4. The van der Waals surface area contributed by atoms with Gasteiger partial charge in [0.05, 0.1) is 32.8 Å². The summed E-state index contributed by atoms with van der Waals surface area (Å²) in [4.78, 5) is 22.2. The lowest BCUT2D eigenvalue weighted by Gasteiger charge is -2.06. The molecule has 6 nitrogen and oxygen atoms in total. The average molecular weight is 326 g/mol. The third-order valence-corrected chi connectivity index (χ3v) is 4.45. The summed E-state index contributed by atoms with van der Waals surface area (Å²) in [5, 5.41) is 11.9. The molecular weight excluding hydrogens is 312 g/mol. The van der Waals surface area contributed by atoms with Gasteiger partial charge in [0.25, 0.3) is 5.69 Å². The Morgan fingerprint density at radius 1 is 1.17 bits per heavy atom. The molecule has 2 aromatic heterocycles. The van der Waals surface area contributed by atoms with E-state index in [2.05, 4.69) is 20.9 Å². The highest BCUT2D eigenvalue weighted by molar-refractivity contribution is 7.16. The Morgan fingerprint density at radius 2 is 2.00 bits per heavy atom. The summed E-state index contributed by atoms with van der Waals surface area (Å²) in [6.45, 7) is 0. The van der Waals surface area contributed by atoms with Gasteiger partial charge < -0.3 is 4.90 Å². The molecule has 0 aliphatic heterocycles. The maximum absolute atomic E-state index is 10.8. The first-order valence-electron chi connectivity index (χ1n) is 6.89. The molecular formula is C16H14N4O2S. The van der Waals surface area contributed by atoms with Crippen LogP contribution in [0.3, 0.4) is 0 Å². The van der Waals surface area contributed by atoms with Gasteiger partial charge in [-0.2, -0.15) is 0 Å². The number of hydrogen-bond acceptors (Lipinski definition) is 6. The number of benzene rings is 1. The molecule has 0 spiro atoms. The average Bonchev–Trinajstić information content (AvgIpc) is 3.01. The smallest absolute Gasteiger partial charge is 0.271 e. The number of non-ortho nitro benzene ring substituents is 1.